The molecule has 1 aliphatic heterocycles. The minimum Gasteiger partial charge on any atom is -0.463 e. The minimum absolute atomic E-state index is 0.000564. The van der Waals surface area contributed by atoms with Crippen molar-refractivity contribution in [2.75, 3.05) is 11.4 Å². The third kappa shape index (κ3) is 2.77. The summed E-state index contributed by atoms with van der Waals surface area (Å²) in [6, 6.07) is 11.4. The van der Waals surface area contributed by atoms with E-state index in [4.69, 9.17) is 4.42 Å². The molecule has 0 spiro atoms. The second-order valence-corrected chi connectivity index (χ2v) is 6.63. The van der Waals surface area contributed by atoms with Crippen molar-refractivity contribution < 1.29 is 22.4 Å². The smallest absolute Gasteiger partial charge is 0.433 e. The average molecular weight is 398 g/mol. The molecule has 4 heterocycles. The van der Waals surface area contributed by atoms with E-state index >= 15 is 0 Å². The van der Waals surface area contributed by atoms with Crippen molar-refractivity contribution in [2.45, 2.75) is 12.6 Å². The van der Waals surface area contributed by atoms with Crippen LogP contribution in [0, 0.1) is 0 Å². The van der Waals surface area contributed by atoms with Gasteiger partial charge in [0.15, 0.2) is 17.1 Å². The number of fused-ring (bicyclic) bond motifs is 2. The monoisotopic (exact) mass is 398 g/mol. The van der Waals surface area contributed by atoms with Crippen molar-refractivity contribution in [2.24, 2.45) is 0 Å². The first-order valence-electron chi connectivity index (χ1n) is 8.83. The molecule has 0 saturated heterocycles. The molecular formula is C20H13F3N4O2. The summed E-state index contributed by atoms with van der Waals surface area (Å²) in [5.74, 6) is -0.272. The van der Waals surface area contributed by atoms with E-state index in [-0.39, 0.29) is 22.7 Å². The van der Waals surface area contributed by atoms with Crippen LogP contribution < -0.4 is 4.90 Å². The molecule has 3 aromatic heterocycles. The number of nitrogens with zero attached hydrogens (tertiary/aromatic N) is 4. The van der Waals surface area contributed by atoms with E-state index in [0.717, 1.165) is 23.5 Å². The summed E-state index contributed by atoms with van der Waals surface area (Å²) in [6.45, 7) is 0.444. The molecule has 146 valence electrons. The van der Waals surface area contributed by atoms with Gasteiger partial charge in [0.1, 0.15) is 11.3 Å². The average Bonchev–Trinajstić information content (AvgIpc) is 3.44. The topological polar surface area (TPSA) is 63.6 Å². The molecule has 4 aromatic rings. The lowest BCUT2D eigenvalue weighted by Crippen LogP contribution is -2.29. The van der Waals surface area contributed by atoms with Crippen LogP contribution in [0.1, 0.15) is 21.6 Å². The highest BCUT2D eigenvalue weighted by Gasteiger charge is 2.37. The van der Waals surface area contributed by atoms with Crippen LogP contribution in [0.25, 0.3) is 17.1 Å². The van der Waals surface area contributed by atoms with Gasteiger partial charge in [0.05, 0.1) is 12.5 Å². The van der Waals surface area contributed by atoms with Crippen LogP contribution in [0.3, 0.4) is 0 Å². The first kappa shape index (κ1) is 17.5. The lowest BCUT2D eigenvalue weighted by atomic mass is 10.2. The third-order valence-electron chi connectivity index (χ3n) is 4.90. The highest BCUT2D eigenvalue weighted by molar-refractivity contribution is 6.10. The van der Waals surface area contributed by atoms with Gasteiger partial charge >= 0.3 is 6.18 Å². The normalized spacial score (nSPS) is 13.8. The maximum absolute atomic E-state index is 13.6. The fourth-order valence-corrected chi connectivity index (χ4v) is 3.56. The number of alkyl halides is 3. The number of anilines is 1. The summed E-state index contributed by atoms with van der Waals surface area (Å²) in [6.07, 6.45) is -1.53. The van der Waals surface area contributed by atoms with Gasteiger partial charge in [-0.2, -0.15) is 18.3 Å². The van der Waals surface area contributed by atoms with Gasteiger partial charge in [-0.3, -0.25) is 4.79 Å². The zero-order valence-electron chi connectivity index (χ0n) is 14.8. The Bertz CT molecular complexity index is 1230. The summed E-state index contributed by atoms with van der Waals surface area (Å²) in [7, 11) is 0. The number of hydrogen-bond acceptors (Lipinski definition) is 4. The zero-order valence-corrected chi connectivity index (χ0v) is 14.8. The molecule has 9 heteroatoms. The number of benzene rings is 1. The summed E-state index contributed by atoms with van der Waals surface area (Å²) in [5, 5.41) is 3.81. The van der Waals surface area contributed by atoms with Gasteiger partial charge in [0.2, 0.25) is 0 Å². The fraction of sp³-hybridized carbons (Fsp3) is 0.150. The number of aromatic nitrogens is 3. The van der Waals surface area contributed by atoms with Gasteiger partial charge in [0, 0.05) is 12.2 Å². The van der Waals surface area contributed by atoms with Crippen LogP contribution in [0.2, 0.25) is 0 Å². The molecule has 6 nitrogen and oxygen atoms in total. The molecule has 0 saturated carbocycles. The van der Waals surface area contributed by atoms with Gasteiger partial charge in [0.25, 0.3) is 5.91 Å². The Morgan fingerprint density at radius 1 is 1.14 bits per heavy atom. The summed E-state index contributed by atoms with van der Waals surface area (Å²) in [5.41, 5.74) is 0.537. The van der Waals surface area contributed by atoms with Gasteiger partial charge in [-0.1, -0.05) is 18.2 Å². The van der Waals surface area contributed by atoms with Crippen molar-refractivity contribution in [1.82, 2.24) is 14.6 Å². The van der Waals surface area contributed by atoms with E-state index in [0.29, 0.717) is 17.5 Å². The number of para-hydroxylation sites is 1. The van der Waals surface area contributed by atoms with E-state index in [1.54, 1.807) is 11.0 Å². The van der Waals surface area contributed by atoms with E-state index in [2.05, 4.69) is 10.1 Å². The zero-order chi connectivity index (χ0) is 20.2. The van der Waals surface area contributed by atoms with E-state index in [1.165, 1.54) is 12.3 Å². The predicted octanol–water partition coefficient (Wildman–Crippen LogP) is 4.21. The molecule has 0 atom stereocenters. The Morgan fingerprint density at radius 2 is 1.97 bits per heavy atom. The number of carbonyl (C=O) groups is 1. The standard InChI is InChI=1S/C20H13F3N4O2/c21-20(22,23)17-10-14(16-6-3-9-29-16)25-18-13(11-24-27(17)18)19(28)26-8-7-12-4-1-2-5-15(12)26/h1-6,9-11H,7-8H2. The number of halogens is 3. The molecule has 1 amide bonds. The Labute approximate surface area is 162 Å². The van der Waals surface area contributed by atoms with Crippen LogP contribution in [-0.4, -0.2) is 27.0 Å². The molecule has 0 aliphatic carbocycles. The summed E-state index contributed by atoms with van der Waals surface area (Å²) < 4.78 is 46.8. The van der Waals surface area contributed by atoms with E-state index < -0.39 is 17.8 Å². The molecule has 5 rings (SSSR count). The van der Waals surface area contributed by atoms with E-state index in [1.807, 2.05) is 24.3 Å². The number of amides is 1. The van der Waals surface area contributed by atoms with Crippen LogP contribution >= 0.6 is 0 Å². The largest absolute Gasteiger partial charge is 0.463 e. The van der Waals surface area contributed by atoms with Crippen LogP contribution in [0.4, 0.5) is 18.9 Å². The molecule has 0 radical (unpaired) electrons. The molecule has 0 fully saturated rings. The molecular weight excluding hydrogens is 385 g/mol. The molecule has 0 N–H and O–H groups in total. The SMILES string of the molecule is O=C(c1cnn2c(C(F)(F)F)cc(-c3ccco3)nc12)N1CCc2ccccc21. The minimum atomic E-state index is -4.69. The number of furan rings is 1. The Balaban J connectivity index is 1.68. The number of hydrogen-bond donors (Lipinski definition) is 0. The molecule has 1 aliphatic rings. The summed E-state index contributed by atoms with van der Waals surface area (Å²) in [4.78, 5) is 19.0. The van der Waals surface area contributed by atoms with E-state index in [9.17, 15) is 18.0 Å². The molecule has 0 bridgehead atoms. The lowest BCUT2D eigenvalue weighted by Gasteiger charge is -2.16. The predicted molar refractivity (Wildman–Crippen MR) is 97.5 cm³/mol. The van der Waals surface area contributed by atoms with Crippen molar-refractivity contribution in [3.05, 3.63) is 71.7 Å². The highest BCUT2D eigenvalue weighted by Crippen LogP contribution is 2.34. The van der Waals surface area contributed by atoms with Crippen LogP contribution in [-0.2, 0) is 12.6 Å². The second-order valence-electron chi connectivity index (χ2n) is 6.63. The van der Waals surface area contributed by atoms with Gasteiger partial charge in [-0.25, -0.2) is 9.50 Å². The quantitative estimate of drug-likeness (QED) is 0.507. The Hall–Kier alpha value is -3.62. The number of rotatable bonds is 2. The van der Waals surface area contributed by atoms with Gasteiger partial charge in [-0.15, -0.1) is 0 Å². The second kappa shape index (κ2) is 6.20. The van der Waals surface area contributed by atoms with Crippen molar-refractivity contribution in [3.8, 4) is 11.5 Å². The van der Waals surface area contributed by atoms with Crippen molar-refractivity contribution in [1.29, 1.82) is 0 Å². The molecule has 1 aromatic carbocycles. The van der Waals surface area contributed by atoms with Crippen LogP contribution in [0.5, 0.6) is 0 Å². The number of carbonyl (C=O) groups excluding carboxylic acids is 1. The van der Waals surface area contributed by atoms with Gasteiger partial charge < -0.3 is 9.32 Å². The maximum Gasteiger partial charge on any atom is 0.433 e. The third-order valence-corrected chi connectivity index (χ3v) is 4.90. The fourth-order valence-electron chi connectivity index (χ4n) is 3.56. The van der Waals surface area contributed by atoms with Crippen molar-refractivity contribution >= 4 is 17.2 Å². The lowest BCUT2D eigenvalue weighted by molar-refractivity contribution is -0.142. The molecule has 29 heavy (non-hydrogen) atoms. The first-order chi connectivity index (χ1) is 13.9. The first-order valence-corrected chi connectivity index (χ1v) is 8.83. The Morgan fingerprint density at radius 3 is 2.72 bits per heavy atom. The maximum atomic E-state index is 13.6. The molecule has 0 unspecified atom stereocenters. The van der Waals surface area contributed by atoms with Gasteiger partial charge in [-0.05, 0) is 36.2 Å². The van der Waals surface area contributed by atoms with Crippen LogP contribution in [0.15, 0.2) is 59.3 Å². The Kier molecular flexibility index (Phi) is 3.73. The highest BCUT2D eigenvalue weighted by atomic mass is 19.4. The summed E-state index contributed by atoms with van der Waals surface area (Å²) >= 11 is 0. The van der Waals surface area contributed by atoms with Crippen molar-refractivity contribution in [3.63, 3.8) is 0 Å².